The van der Waals surface area contributed by atoms with Crippen molar-refractivity contribution in [3.8, 4) is 0 Å². The lowest BCUT2D eigenvalue weighted by Crippen LogP contribution is -2.26. The van der Waals surface area contributed by atoms with E-state index in [1.54, 1.807) is 0 Å². The molecule has 1 rings (SSSR count). The van der Waals surface area contributed by atoms with E-state index in [1.807, 2.05) is 30.3 Å². The van der Waals surface area contributed by atoms with Gasteiger partial charge in [-0.15, -0.1) is 0 Å². The number of hydrogen-bond acceptors (Lipinski definition) is 2. The van der Waals surface area contributed by atoms with Gasteiger partial charge in [-0.05, 0) is 36.8 Å². The molecule has 5 heteroatoms. The Kier molecular flexibility index (Phi) is 11.5. The predicted molar refractivity (Wildman–Crippen MR) is 112 cm³/mol. The van der Waals surface area contributed by atoms with Gasteiger partial charge in [-0.2, -0.15) is 0 Å². The topological polar surface area (TPSA) is 84.6 Å². The first-order valence-electron chi connectivity index (χ1n) is 9.96. The number of rotatable bonds is 12. The van der Waals surface area contributed by atoms with Gasteiger partial charge in [0.25, 0.3) is 0 Å². The third kappa shape index (κ3) is 9.73. The van der Waals surface area contributed by atoms with Gasteiger partial charge in [0.05, 0.1) is 0 Å². The highest BCUT2D eigenvalue weighted by atomic mass is 16.2. The van der Waals surface area contributed by atoms with Crippen LogP contribution in [-0.2, 0) is 4.79 Å². The van der Waals surface area contributed by atoms with E-state index >= 15 is 0 Å². The molecule has 0 spiro atoms. The number of nitrogens with zero attached hydrogens (tertiary/aromatic N) is 1. The summed E-state index contributed by atoms with van der Waals surface area (Å²) in [7, 11) is 0. The van der Waals surface area contributed by atoms with Gasteiger partial charge < -0.3 is 11.1 Å². The molecule has 0 aliphatic heterocycles. The van der Waals surface area contributed by atoms with Crippen molar-refractivity contribution in [2.24, 2.45) is 10.7 Å². The molecule has 0 aliphatic carbocycles. The summed E-state index contributed by atoms with van der Waals surface area (Å²) in [4.78, 5) is 27.9. The molecule has 0 radical (unpaired) electrons. The van der Waals surface area contributed by atoms with E-state index < -0.39 is 6.03 Å². The van der Waals surface area contributed by atoms with E-state index in [0.717, 1.165) is 56.1 Å². The first-order valence-corrected chi connectivity index (χ1v) is 9.96. The number of carbonyl (C=O) groups excluding carboxylic acids is 2. The van der Waals surface area contributed by atoms with Crippen LogP contribution in [0, 0.1) is 0 Å². The first-order chi connectivity index (χ1) is 13.1. The Morgan fingerprint density at radius 3 is 2.22 bits per heavy atom. The summed E-state index contributed by atoms with van der Waals surface area (Å²) in [5.74, 6) is -0.375. The standard InChI is InChI=1S/C22H33N3O2/c1-3-5-8-14-19(20(21(23)26)15-9-6-4-2)17-25-22(27)24-16-18-12-10-7-11-13-18/h7,10-13,16H,3-6,8-9,14-15,17H2,1-2H3,(H2,23,26)(H,25,27)/b20-19+,24-16-. The zero-order valence-corrected chi connectivity index (χ0v) is 16.7. The van der Waals surface area contributed by atoms with Crippen LogP contribution in [0.5, 0.6) is 0 Å². The second-order valence-corrected chi connectivity index (χ2v) is 6.69. The molecule has 0 fully saturated rings. The second kappa shape index (κ2) is 13.7. The van der Waals surface area contributed by atoms with E-state index in [9.17, 15) is 9.59 Å². The van der Waals surface area contributed by atoms with Crippen molar-refractivity contribution in [3.63, 3.8) is 0 Å². The van der Waals surface area contributed by atoms with Crippen LogP contribution in [0.15, 0.2) is 46.5 Å². The van der Waals surface area contributed by atoms with Gasteiger partial charge in [0.2, 0.25) is 5.91 Å². The minimum Gasteiger partial charge on any atom is -0.366 e. The van der Waals surface area contributed by atoms with E-state index in [4.69, 9.17) is 5.73 Å². The summed E-state index contributed by atoms with van der Waals surface area (Å²) >= 11 is 0. The molecule has 0 bridgehead atoms. The molecule has 0 atom stereocenters. The van der Waals surface area contributed by atoms with Crippen molar-refractivity contribution in [2.45, 2.75) is 65.2 Å². The number of nitrogens with two attached hydrogens (primary N) is 1. The van der Waals surface area contributed by atoms with Gasteiger partial charge in [-0.25, -0.2) is 9.79 Å². The summed E-state index contributed by atoms with van der Waals surface area (Å²) in [6.45, 7) is 4.58. The maximum absolute atomic E-state index is 12.1. The lowest BCUT2D eigenvalue weighted by atomic mass is 9.96. The fourth-order valence-corrected chi connectivity index (χ4v) is 2.86. The number of nitrogens with one attached hydrogen (secondary N) is 1. The van der Waals surface area contributed by atoms with Crippen LogP contribution in [0.25, 0.3) is 0 Å². The number of aliphatic imine (C=N–C) groups is 1. The molecule has 0 saturated carbocycles. The Hall–Kier alpha value is -2.43. The maximum Gasteiger partial charge on any atom is 0.341 e. The molecule has 1 aromatic rings. The van der Waals surface area contributed by atoms with E-state index in [-0.39, 0.29) is 5.91 Å². The Morgan fingerprint density at radius 1 is 1.00 bits per heavy atom. The summed E-state index contributed by atoms with van der Waals surface area (Å²) in [5, 5.41) is 2.80. The smallest absolute Gasteiger partial charge is 0.341 e. The zero-order valence-electron chi connectivity index (χ0n) is 16.7. The summed E-state index contributed by atoms with van der Waals surface area (Å²) < 4.78 is 0. The number of hydrogen-bond donors (Lipinski definition) is 2. The van der Waals surface area contributed by atoms with Gasteiger partial charge in [0, 0.05) is 18.3 Å². The fraction of sp³-hybridized carbons (Fsp3) is 0.500. The largest absolute Gasteiger partial charge is 0.366 e. The molecule has 0 aliphatic rings. The Bertz CT molecular complexity index is 636. The lowest BCUT2D eigenvalue weighted by molar-refractivity contribution is -0.114. The number of amides is 3. The molecule has 5 nitrogen and oxygen atoms in total. The summed E-state index contributed by atoms with van der Waals surface area (Å²) in [6.07, 6.45) is 9.24. The van der Waals surface area contributed by atoms with E-state index in [2.05, 4.69) is 24.2 Å². The van der Waals surface area contributed by atoms with Crippen molar-refractivity contribution < 1.29 is 9.59 Å². The number of carbonyl (C=O) groups is 2. The molecule has 0 heterocycles. The summed E-state index contributed by atoms with van der Waals surface area (Å²) in [6, 6.07) is 9.04. The average molecular weight is 372 g/mol. The Morgan fingerprint density at radius 2 is 1.63 bits per heavy atom. The molecule has 3 N–H and O–H groups in total. The van der Waals surface area contributed by atoms with Crippen LogP contribution in [0.2, 0.25) is 0 Å². The lowest BCUT2D eigenvalue weighted by Gasteiger charge is -2.14. The Balaban J connectivity index is 2.76. The highest BCUT2D eigenvalue weighted by Crippen LogP contribution is 2.18. The molecule has 0 unspecified atom stereocenters. The van der Waals surface area contributed by atoms with Gasteiger partial charge in [0.1, 0.15) is 0 Å². The zero-order chi connectivity index (χ0) is 19.9. The van der Waals surface area contributed by atoms with E-state index in [1.165, 1.54) is 6.21 Å². The minimum absolute atomic E-state index is 0.319. The van der Waals surface area contributed by atoms with Crippen molar-refractivity contribution in [2.75, 3.05) is 6.54 Å². The SMILES string of the molecule is CCCCC/C(CNC(=O)/N=C\c1ccccc1)=C(/CCCCC)C(N)=O. The van der Waals surface area contributed by atoms with Gasteiger partial charge >= 0.3 is 6.03 Å². The van der Waals surface area contributed by atoms with Crippen LogP contribution < -0.4 is 11.1 Å². The van der Waals surface area contributed by atoms with Crippen molar-refractivity contribution in [3.05, 3.63) is 47.0 Å². The van der Waals surface area contributed by atoms with Gasteiger partial charge in [-0.1, -0.05) is 69.9 Å². The average Bonchev–Trinajstić information content (AvgIpc) is 2.67. The number of urea groups is 1. The molecule has 148 valence electrons. The van der Waals surface area contributed by atoms with Gasteiger partial charge in [-0.3, -0.25) is 4.79 Å². The molecule has 0 aromatic heterocycles. The maximum atomic E-state index is 12.1. The van der Waals surface area contributed by atoms with Crippen LogP contribution in [0.4, 0.5) is 4.79 Å². The van der Waals surface area contributed by atoms with Crippen LogP contribution >= 0.6 is 0 Å². The third-order valence-electron chi connectivity index (χ3n) is 4.42. The molecule has 1 aromatic carbocycles. The monoisotopic (exact) mass is 371 g/mol. The molecular formula is C22H33N3O2. The Labute approximate surface area is 163 Å². The second-order valence-electron chi connectivity index (χ2n) is 6.69. The molecule has 3 amide bonds. The molecular weight excluding hydrogens is 338 g/mol. The van der Waals surface area contributed by atoms with Crippen molar-refractivity contribution in [1.82, 2.24) is 5.32 Å². The number of benzene rings is 1. The minimum atomic E-state index is -0.413. The van der Waals surface area contributed by atoms with Crippen molar-refractivity contribution >= 4 is 18.2 Å². The highest BCUT2D eigenvalue weighted by molar-refractivity contribution is 5.93. The third-order valence-corrected chi connectivity index (χ3v) is 4.42. The van der Waals surface area contributed by atoms with E-state index in [0.29, 0.717) is 18.5 Å². The normalized spacial score (nSPS) is 12.1. The highest BCUT2D eigenvalue weighted by Gasteiger charge is 2.13. The number of unbranched alkanes of at least 4 members (excludes halogenated alkanes) is 4. The van der Waals surface area contributed by atoms with Crippen LogP contribution in [0.3, 0.4) is 0 Å². The fourth-order valence-electron chi connectivity index (χ4n) is 2.86. The predicted octanol–water partition coefficient (Wildman–Crippen LogP) is 4.76. The molecule has 0 saturated heterocycles. The number of primary amides is 1. The van der Waals surface area contributed by atoms with Crippen molar-refractivity contribution in [1.29, 1.82) is 0 Å². The van der Waals surface area contributed by atoms with Crippen LogP contribution in [-0.4, -0.2) is 24.7 Å². The van der Waals surface area contributed by atoms with Gasteiger partial charge in [0.15, 0.2) is 0 Å². The quantitative estimate of drug-likeness (QED) is 0.315. The summed E-state index contributed by atoms with van der Waals surface area (Å²) in [5.41, 5.74) is 8.10. The first kappa shape index (κ1) is 22.6. The molecule has 27 heavy (non-hydrogen) atoms. The van der Waals surface area contributed by atoms with Crippen LogP contribution in [0.1, 0.15) is 70.8 Å².